The molecule has 1 atom stereocenters. The lowest BCUT2D eigenvalue weighted by Crippen LogP contribution is -2.30. The Balaban J connectivity index is 4.52. The van der Waals surface area contributed by atoms with Crippen LogP contribution in [0.15, 0.2) is 97.2 Å². The molecular weight excluding hydrogens is 745 g/mol. The van der Waals surface area contributed by atoms with Crippen LogP contribution in [0, 0.1) is 0 Å². The van der Waals surface area contributed by atoms with Gasteiger partial charge >= 0.3 is 17.9 Å². The van der Waals surface area contributed by atoms with Crippen LogP contribution in [-0.4, -0.2) is 37.2 Å². The summed E-state index contributed by atoms with van der Waals surface area (Å²) in [6.45, 7) is 6.33. The Kier molecular flexibility index (Phi) is 45.1. The molecule has 0 fully saturated rings. The van der Waals surface area contributed by atoms with Crippen LogP contribution < -0.4 is 0 Å². The first-order valence-corrected chi connectivity index (χ1v) is 24.2. The number of unbranched alkanes of at least 4 members (excludes halogenated alkanes) is 15. The quantitative estimate of drug-likeness (QED) is 0.0264. The van der Waals surface area contributed by atoms with Gasteiger partial charge in [0, 0.05) is 19.3 Å². The van der Waals surface area contributed by atoms with Gasteiger partial charge in [-0.1, -0.05) is 182 Å². The minimum absolute atomic E-state index is 0.119. The van der Waals surface area contributed by atoms with Gasteiger partial charge in [-0.2, -0.15) is 0 Å². The molecule has 6 nitrogen and oxygen atoms in total. The van der Waals surface area contributed by atoms with E-state index < -0.39 is 12.1 Å². The second kappa shape index (κ2) is 48.0. The summed E-state index contributed by atoms with van der Waals surface area (Å²) in [7, 11) is 0. The molecule has 0 saturated heterocycles. The van der Waals surface area contributed by atoms with E-state index in [0.717, 1.165) is 122 Å². The average Bonchev–Trinajstić information content (AvgIpc) is 3.24. The van der Waals surface area contributed by atoms with Crippen LogP contribution in [0.5, 0.6) is 0 Å². The molecule has 60 heavy (non-hydrogen) atoms. The number of hydrogen-bond donors (Lipinski definition) is 0. The topological polar surface area (TPSA) is 78.9 Å². The first kappa shape index (κ1) is 56.3. The molecule has 0 aliphatic carbocycles. The third-order valence-corrected chi connectivity index (χ3v) is 9.79. The summed E-state index contributed by atoms with van der Waals surface area (Å²) < 4.78 is 16.7. The van der Waals surface area contributed by atoms with E-state index in [2.05, 4.69) is 106 Å². The number of ether oxygens (including phenoxy) is 3. The van der Waals surface area contributed by atoms with Crippen LogP contribution in [-0.2, 0) is 28.6 Å². The van der Waals surface area contributed by atoms with Crippen molar-refractivity contribution in [3.63, 3.8) is 0 Å². The second-order valence-electron chi connectivity index (χ2n) is 15.6. The fourth-order valence-electron chi connectivity index (χ4n) is 6.17. The van der Waals surface area contributed by atoms with Gasteiger partial charge in [-0.15, -0.1) is 0 Å². The molecule has 340 valence electrons. The van der Waals surface area contributed by atoms with Crippen LogP contribution in [0.4, 0.5) is 0 Å². The number of esters is 3. The van der Waals surface area contributed by atoms with Crippen LogP contribution >= 0.6 is 0 Å². The molecule has 0 spiro atoms. The molecule has 0 heterocycles. The van der Waals surface area contributed by atoms with E-state index in [1.54, 1.807) is 0 Å². The van der Waals surface area contributed by atoms with Crippen molar-refractivity contribution >= 4 is 17.9 Å². The number of allylic oxidation sites excluding steroid dienone is 16. The molecule has 1 unspecified atom stereocenters. The highest BCUT2D eigenvalue weighted by molar-refractivity contribution is 5.71. The van der Waals surface area contributed by atoms with Crippen molar-refractivity contribution in [2.24, 2.45) is 0 Å². The summed E-state index contributed by atoms with van der Waals surface area (Å²) in [4.78, 5) is 37.8. The van der Waals surface area contributed by atoms with Gasteiger partial charge in [-0.25, -0.2) is 0 Å². The Hall–Kier alpha value is -3.67. The molecule has 6 heteroatoms. The third kappa shape index (κ3) is 45.4. The van der Waals surface area contributed by atoms with Gasteiger partial charge in [-0.3, -0.25) is 14.4 Å². The Bertz CT molecular complexity index is 1230. The zero-order valence-corrected chi connectivity index (χ0v) is 38.7. The number of carbonyl (C=O) groups excluding carboxylic acids is 3. The lowest BCUT2D eigenvalue weighted by atomic mass is 10.1. The van der Waals surface area contributed by atoms with E-state index in [9.17, 15) is 14.4 Å². The average molecular weight is 833 g/mol. The fraction of sp³-hybridized carbons (Fsp3) is 0.648. The number of hydrogen-bond acceptors (Lipinski definition) is 6. The smallest absolute Gasteiger partial charge is 0.306 e. The van der Waals surface area contributed by atoms with Crippen LogP contribution in [0.2, 0.25) is 0 Å². The predicted molar refractivity (Wildman–Crippen MR) is 256 cm³/mol. The van der Waals surface area contributed by atoms with Crippen molar-refractivity contribution in [1.29, 1.82) is 0 Å². The summed E-state index contributed by atoms with van der Waals surface area (Å²) in [6, 6.07) is 0. The first-order chi connectivity index (χ1) is 29.5. The number of rotatable bonds is 42. The highest BCUT2D eigenvalue weighted by Gasteiger charge is 2.19. The molecule has 0 aliphatic rings. The zero-order valence-electron chi connectivity index (χ0n) is 38.7. The maximum Gasteiger partial charge on any atom is 0.306 e. The maximum absolute atomic E-state index is 12.7. The molecule has 0 saturated carbocycles. The standard InChI is InChI=1S/C54H88O6/c1-4-7-10-13-16-19-22-25-26-27-30-32-35-38-41-44-47-53(56)59-50-51(60-54(57)48-45-42-39-36-33-29-24-21-18-15-12-9-6-3)49-58-52(55)46-43-40-37-34-31-28-23-20-17-14-11-8-5-2/h9,11-12,14,18-23,26-27,29,33,39,42,51H,4-8,10,13,15-17,24-25,28,30-32,34-38,40-41,43-50H2,1-3H3/b12-9-,14-11-,21-18-,22-19-,23-20-,27-26-,33-29-,42-39-. The maximum atomic E-state index is 12.7. The van der Waals surface area contributed by atoms with Crippen LogP contribution in [0.3, 0.4) is 0 Å². The summed E-state index contributed by atoms with van der Waals surface area (Å²) in [6.07, 6.45) is 62.6. The Morgan fingerprint density at radius 1 is 0.350 bits per heavy atom. The van der Waals surface area contributed by atoms with E-state index in [-0.39, 0.29) is 31.6 Å². The van der Waals surface area contributed by atoms with Gasteiger partial charge in [0.25, 0.3) is 0 Å². The van der Waals surface area contributed by atoms with Crippen molar-refractivity contribution in [3.05, 3.63) is 97.2 Å². The molecule has 0 N–H and O–H groups in total. The molecule has 0 aromatic heterocycles. The lowest BCUT2D eigenvalue weighted by molar-refractivity contribution is -0.166. The Morgan fingerprint density at radius 3 is 1.15 bits per heavy atom. The van der Waals surface area contributed by atoms with Crippen molar-refractivity contribution in [1.82, 2.24) is 0 Å². The highest BCUT2D eigenvalue weighted by Crippen LogP contribution is 2.12. The Labute approximate surface area is 368 Å². The van der Waals surface area contributed by atoms with Crippen molar-refractivity contribution in [2.75, 3.05) is 13.2 Å². The largest absolute Gasteiger partial charge is 0.462 e. The van der Waals surface area contributed by atoms with E-state index in [1.807, 2.05) is 12.2 Å². The first-order valence-electron chi connectivity index (χ1n) is 24.2. The van der Waals surface area contributed by atoms with Gasteiger partial charge in [0.2, 0.25) is 0 Å². The zero-order chi connectivity index (χ0) is 43.7. The number of carbonyl (C=O) groups is 3. The third-order valence-electron chi connectivity index (χ3n) is 9.79. The molecule has 0 aliphatic heterocycles. The van der Waals surface area contributed by atoms with Gasteiger partial charge in [0.1, 0.15) is 13.2 Å². The van der Waals surface area contributed by atoms with Gasteiger partial charge in [0.15, 0.2) is 6.10 Å². The van der Waals surface area contributed by atoms with E-state index >= 15 is 0 Å². The van der Waals surface area contributed by atoms with Gasteiger partial charge in [-0.05, 0) is 103 Å². The molecule has 0 aromatic rings. The minimum Gasteiger partial charge on any atom is -0.462 e. The van der Waals surface area contributed by atoms with E-state index in [4.69, 9.17) is 14.2 Å². The second-order valence-corrected chi connectivity index (χ2v) is 15.6. The Morgan fingerprint density at radius 2 is 0.717 bits per heavy atom. The van der Waals surface area contributed by atoms with Gasteiger partial charge in [0.05, 0.1) is 0 Å². The van der Waals surface area contributed by atoms with Gasteiger partial charge < -0.3 is 14.2 Å². The molecule has 0 amide bonds. The van der Waals surface area contributed by atoms with Crippen molar-refractivity contribution < 1.29 is 28.6 Å². The monoisotopic (exact) mass is 833 g/mol. The molecule has 0 bridgehead atoms. The summed E-state index contributed by atoms with van der Waals surface area (Å²) in [5, 5.41) is 0. The normalized spacial score (nSPS) is 12.9. The van der Waals surface area contributed by atoms with Crippen LogP contribution in [0.25, 0.3) is 0 Å². The molecule has 0 radical (unpaired) electrons. The van der Waals surface area contributed by atoms with Crippen molar-refractivity contribution in [3.8, 4) is 0 Å². The fourth-order valence-corrected chi connectivity index (χ4v) is 6.17. The SMILES string of the molecule is CC/C=C\C/C=C\C/C=C\C/C=C\CCC(=O)OC(COC(=O)CCCCCCC/C=C\C/C=C\CCC)COC(=O)CCCCCCC/C=C\C/C=C\CCCCCC. The summed E-state index contributed by atoms with van der Waals surface area (Å²) >= 11 is 0. The molecule has 0 aromatic carbocycles. The highest BCUT2D eigenvalue weighted by atomic mass is 16.6. The van der Waals surface area contributed by atoms with E-state index in [0.29, 0.717) is 19.3 Å². The predicted octanol–water partition coefficient (Wildman–Crippen LogP) is 15.8. The van der Waals surface area contributed by atoms with E-state index in [1.165, 1.54) is 38.5 Å². The van der Waals surface area contributed by atoms with Crippen LogP contribution in [0.1, 0.15) is 207 Å². The molecular formula is C54H88O6. The summed E-state index contributed by atoms with van der Waals surface area (Å²) in [5.74, 6) is -1.04. The lowest BCUT2D eigenvalue weighted by Gasteiger charge is -2.18. The van der Waals surface area contributed by atoms with Crippen molar-refractivity contribution in [2.45, 2.75) is 213 Å². The molecule has 0 rings (SSSR count). The minimum atomic E-state index is -0.827. The summed E-state index contributed by atoms with van der Waals surface area (Å²) in [5.41, 5.74) is 0.